The smallest absolute Gasteiger partial charge is 0.0443 e. The Morgan fingerprint density at radius 2 is 2.00 bits per heavy atom. The Morgan fingerprint density at radius 1 is 1.35 bits per heavy atom. The van der Waals surface area contributed by atoms with Gasteiger partial charge >= 0.3 is 0 Å². The lowest BCUT2D eigenvalue weighted by Gasteiger charge is -2.45. The van der Waals surface area contributed by atoms with Gasteiger partial charge in [0.1, 0.15) is 0 Å². The van der Waals surface area contributed by atoms with E-state index in [4.69, 9.17) is 5.84 Å². The first kappa shape index (κ1) is 16.4. The van der Waals surface area contributed by atoms with Gasteiger partial charge in [-0.2, -0.15) is 0 Å². The average molecular weight is 360 g/mol. The van der Waals surface area contributed by atoms with Crippen molar-refractivity contribution in [3.8, 4) is 0 Å². The number of hydrazine groups is 1. The maximum Gasteiger partial charge on any atom is 0.0443 e. The predicted octanol–water partition coefficient (Wildman–Crippen LogP) is 3.54. The molecule has 1 saturated carbocycles. The lowest BCUT2D eigenvalue weighted by Crippen LogP contribution is -2.61. The van der Waals surface area contributed by atoms with Gasteiger partial charge in [0, 0.05) is 27.4 Å². The molecule has 1 atom stereocenters. The van der Waals surface area contributed by atoms with Crippen molar-refractivity contribution in [2.45, 2.75) is 56.5 Å². The number of halogens is 1. The molecule has 1 fully saturated rings. The minimum absolute atomic E-state index is 0.175. The molecule has 20 heavy (non-hydrogen) atoms. The highest BCUT2D eigenvalue weighted by Crippen LogP contribution is 2.36. The fourth-order valence-corrected chi connectivity index (χ4v) is 5.07. The average Bonchev–Trinajstić information content (AvgIpc) is 2.68. The standard InChI is InChI=1S/C15H26BrN3S/c1-19(2)15(8-5-3-4-6-9-15)14(18-17)11-13-12(16)7-10-20-13/h7,10,14,18H,3-6,8-9,11,17H2,1-2H3. The number of nitrogens with zero attached hydrogens (tertiary/aromatic N) is 1. The number of likely N-dealkylation sites (N-methyl/N-ethyl adjacent to an activating group) is 1. The molecule has 0 saturated heterocycles. The maximum absolute atomic E-state index is 5.96. The van der Waals surface area contributed by atoms with Gasteiger partial charge in [-0.05, 0) is 54.3 Å². The Balaban J connectivity index is 2.22. The molecule has 5 heteroatoms. The molecule has 1 aliphatic carbocycles. The summed E-state index contributed by atoms with van der Waals surface area (Å²) in [6.45, 7) is 0. The summed E-state index contributed by atoms with van der Waals surface area (Å²) in [7, 11) is 4.41. The Hall–Kier alpha value is 0.0600. The van der Waals surface area contributed by atoms with E-state index in [1.807, 2.05) is 11.3 Å². The lowest BCUT2D eigenvalue weighted by molar-refractivity contribution is 0.0804. The van der Waals surface area contributed by atoms with Gasteiger partial charge in [0.05, 0.1) is 0 Å². The first-order valence-corrected chi connectivity index (χ1v) is 9.13. The Kier molecular flexibility index (Phi) is 6.05. The molecule has 1 aliphatic rings. The third kappa shape index (κ3) is 3.45. The molecule has 0 bridgehead atoms. The fourth-order valence-electron chi connectivity index (χ4n) is 3.51. The third-order valence-electron chi connectivity index (χ3n) is 4.79. The molecule has 3 nitrogen and oxygen atoms in total. The highest BCUT2D eigenvalue weighted by atomic mass is 79.9. The van der Waals surface area contributed by atoms with E-state index < -0.39 is 0 Å². The number of nitrogens with two attached hydrogens (primary N) is 1. The summed E-state index contributed by atoms with van der Waals surface area (Å²) in [4.78, 5) is 3.79. The fraction of sp³-hybridized carbons (Fsp3) is 0.733. The molecule has 2 rings (SSSR count). The monoisotopic (exact) mass is 359 g/mol. The zero-order valence-corrected chi connectivity index (χ0v) is 14.9. The Morgan fingerprint density at radius 3 is 2.45 bits per heavy atom. The minimum Gasteiger partial charge on any atom is -0.302 e. The third-order valence-corrected chi connectivity index (χ3v) is 6.74. The van der Waals surface area contributed by atoms with Gasteiger partial charge in [0.25, 0.3) is 0 Å². The first-order chi connectivity index (χ1) is 9.60. The van der Waals surface area contributed by atoms with Crippen LogP contribution in [0.1, 0.15) is 43.4 Å². The van der Waals surface area contributed by atoms with Gasteiger partial charge < -0.3 is 4.90 Å². The van der Waals surface area contributed by atoms with Crippen LogP contribution in [0.4, 0.5) is 0 Å². The summed E-state index contributed by atoms with van der Waals surface area (Å²) >= 11 is 5.46. The van der Waals surface area contributed by atoms with E-state index >= 15 is 0 Å². The molecule has 1 aromatic heterocycles. The van der Waals surface area contributed by atoms with Crippen molar-refractivity contribution in [3.05, 3.63) is 20.8 Å². The number of rotatable bonds is 5. The second kappa shape index (κ2) is 7.36. The van der Waals surface area contributed by atoms with Crippen molar-refractivity contribution in [2.75, 3.05) is 14.1 Å². The summed E-state index contributed by atoms with van der Waals surface area (Å²) in [5, 5.41) is 2.14. The van der Waals surface area contributed by atoms with Crippen LogP contribution < -0.4 is 11.3 Å². The van der Waals surface area contributed by atoms with Crippen LogP contribution in [-0.2, 0) is 6.42 Å². The molecule has 0 aliphatic heterocycles. The summed E-state index contributed by atoms with van der Waals surface area (Å²) in [6.07, 6.45) is 8.79. The topological polar surface area (TPSA) is 41.3 Å². The molecule has 0 spiro atoms. The molecule has 0 aromatic carbocycles. The first-order valence-electron chi connectivity index (χ1n) is 7.45. The van der Waals surface area contributed by atoms with Gasteiger partial charge in [-0.15, -0.1) is 11.3 Å². The molecule has 3 N–H and O–H groups in total. The van der Waals surface area contributed by atoms with Gasteiger partial charge in [-0.1, -0.05) is 25.7 Å². The highest BCUT2D eigenvalue weighted by molar-refractivity contribution is 9.10. The van der Waals surface area contributed by atoms with Crippen LogP contribution in [-0.4, -0.2) is 30.6 Å². The molecule has 0 amide bonds. The molecular formula is C15H26BrN3S. The van der Waals surface area contributed by atoms with Crippen LogP contribution in [0.3, 0.4) is 0 Å². The van der Waals surface area contributed by atoms with Gasteiger partial charge in [0.2, 0.25) is 0 Å². The maximum atomic E-state index is 5.96. The Labute approximate surface area is 135 Å². The molecule has 0 radical (unpaired) electrons. The summed E-state index contributed by atoms with van der Waals surface area (Å²) in [5.41, 5.74) is 3.31. The lowest BCUT2D eigenvalue weighted by atomic mass is 9.80. The van der Waals surface area contributed by atoms with Gasteiger partial charge in [-0.3, -0.25) is 11.3 Å². The van der Waals surface area contributed by atoms with Crippen LogP contribution in [0.5, 0.6) is 0 Å². The van der Waals surface area contributed by atoms with Gasteiger partial charge in [-0.25, -0.2) is 0 Å². The molecule has 1 aromatic rings. The Bertz CT molecular complexity index is 411. The van der Waals surface area contributed by atoms with E-state index in [1.54, 1.807) is 0 Å². The van der Waals surface area contributed by atoms with Crippen molar-refractivity contribution in [1.29, 1.82) is 0 Å². The van der Waals surface area contributed by atoms with Crippen molar-refractivity contribution in [3.63, 3.8) is 0 Å². The second-order valence-electron chi connectivity index (χ2n) is 6.03. The SMILES string of the molecule is CN(C)C1(C(Cc2sccc2Br)NN)CCCCCC1. The zero-order chi connectivity index (χ0) is 14.6. The normalized spacial score (nSPS) is 20.9. The number of hydrogen-bond acceptors (Lipinski definition) is 4. The number of hydrogen-bond donors (Lipinski definition) is 2. The molecule has 114 valence electrons. The quantitative estimate of drug-likeness (QED) is 0.479. The van der Waals surface area contributed by atoms with Crippen LogP contribution in [0.2, 0.25) is 0 Å². The van der Waals surface area contributed by atoms with Crippen molar-refractivity contribution in [1.82, 2.24) is 10.3 Å². The zero-order valence-electron chi connectivity index (χ0n) is 12.5. The summed E-state index contributed by atoms with van der Waals surface area (Å²) in [5.74, 6) is 5.96. The van der Waals surface area contributed by atoms with Crippen LogP contribution in [0, 0.1) is 0 Å². The van der Waals surface area contributed by atoms with Crippen LogP contribution in [0.25, 0.3) is 0 Å². The molecular weight excluding hydrogens is 334 g/mol. The van der Waals surface area contributed by atoms with E-state index in [0.29, 0.717) is 6.04 Å². The van der Waals surface area contributed by atoms with Crippen molar-refractivity contribution >= 4 is 27.3 Å². The van der Waals surface area contributed by atoms with E-state index in [0.717, 1.165) is 6.42 Å². The molecule has 1 heterocycles. The van der Waals surface area contributed by atoms with E-state index in [9.17, 15) is 0 Å². The second-order valence-corrected chi connectivity index (χ2v) is 7.88. The highest BCUT2D eigenvalue weighted by Gasteiger charge is 2.40. The van der Waals surface area contributed by atoms with Crippen LogP contribution >= 0.6 is 27.3 Å². The largest absolute Gasteiger partial charge is 0.302 e. The number of thiophene rings is 1. The van der Waals surface area contributed by atoms with Crippen LogP contribution in [0.15, 0.2) is 15.9 Å². The summed E-state index contributed by atoms with van der Waals surface area (Å²) in [6, 6.07) is 2.42. The number of nitrogens with one attached hydrogen (secondary N) is 1. The predicted molar refractivity (Wildman–Crippen MR) is 91.0 cm³/mol. The van der Waals surface area contributed by atoms with E-state index in [2.05, 4.69) is 51.8 Å². The van der Waals surface area contributed by atoms with E-state index in [1.165, 1.54) is 47.9 Å². The van der Waals surface area contributed by atoms with Crippen molar-refractivity contribution < 1.29 is 0 Å². The minimum atomic E-state index is 0.175. The molecule has 1 unspecified atom stereocenters. The van der Waals surface area contributed by atoms with Gasteiger partial charge in [0.15, 0.2) is 0 Å². The summed E-state index contributed by atoms with van der Waals surface area (Å²) < 4.78 is 1.21. The van der Waals surface area contributed by atoms with Crippen molar-refractivity contribution in [2.24, 2.45) is 5.84 Å². The van der Waals surface area contributed by atoms with E-state index in [-0.39, 0.29) is 5.54 Å².